The fourth-order valence-electron chi connectivity index (χ4n) is 2.55. The molecule has 1 aromatic carbocycles. The Morgan fingerprint density at radius 1 is 1.53 bits per heavy atom. The van der Waals surface area contributed by atoms with Gasteiger partial charge in [0.1, 0.15) is 5.82 Å². The van der Waals surface area contributed by atoms with Gasteiger partial charge in [-0.1, -0.05) is 22.0 Å². The zero-order valence-electron chi connectivity index (χ0n) is 11.1. The summed E-state index contributed by atoms with van der Waals surface area (Å²) in [4.78, 5) is 2.31. The number of hydrogen-bond donors (Lipinski definition) is 1. The molecule has 1 aliphatic rings. The third-order valence-electron chi connectivity index (χ3n) is 3.69. The molecule has 0 aromatic heterocycles. The normalized spacial score (nSPS) is 21.8. The lowest BCUT2D eigenvalue weighted by Crippen LogP contribution is -2.42. The van der Waals surface area contributed by atoms with Gasteiger partial charge in [0.2, 0.25) is 0 Å². The summed E-state index contributed by atoms with van der Waals surface area (Å²) in [6.07, 6.45) is 2.35. The first-order valence-electron chi connectivity index (χ1n) is 6.48. The second kappa shape index (κ2) is 7.58. The van der Waals surface area contributed by atoms with Crippen LogP contribution < -0.4 is 5.73 Å². The van der Waals surface area contributed by atoms with E-state index in [0.29, 0.717) is 12.5 Å². The molecule has 0 radical (unpaired) electrons. The minimum Gasteiger partial charge on any atom is -0.328 e. The van der Waals surface area contributed by atoms with E-state index < -0.39 is 0 Å². The SMILES string of the molecule is CC(N)C1CCCN(Cc2ccc(Br)cc2F)C1.Cl. The van der Waals surface area contributed by atoms with Crippen molar-refractivity contribution in [1.82, 2.24) is 4.90 Å². The lowest BCUT2D eigenvalue weighted by Gasteiger charge is -2.34. The van der Waals surface area contributed by atoms with Gasteiger partial charge in [0.05, 0.1) is 0 Å². The lowest BCUT2D eigenvalue weighted by molar-refractivity contribution is 0.153. The van der Waals surface area contributed by atoms with Gasteiger partial charge in [0, 0.05) is 29.2 Å². The molecule has 0 saturated carbocycles. The molecule has 1 aliphatic heterocycles. The topological polar surface area (TPSA) is 29.3 Å². The summed E-state index contributed by atoms with van der Waals surface area (Å²) in [5.41, 5.74) is 6.73. The fraction of sp³-hybridized carbons (Fsp3) is 0.571. The average Bonchev–Trinajstić information content (AvgIpc) is 2.33. The minimum atomic E-state index is -0.132. The molecule has 2 unspecified atom stereocenters. The van der Waals surface area contributed by atoms with E-state index in [1.807, 2.05) is 12.1 Å². The zero-order chi connectivity index (χ0) is 13.1. The van der Waals surface area contributed by atoms with E-state index in [1.54, 1.807) is 0 Å². The summed E-state index contributed by atoms with van der Waals surface area (Å²) in [6, 6.07) is 5.50. The number of nitrogens with two attached hydrogens (primary N) is 1. The molecule has 0 amide bonds. The van der Waals surface area contributed by atoms with Gasteiger partial charge >= 0.3 is 0 Å². The van der Waals surface area contributed by atoms with Crippen LogP contribution in [-0.2, 0) is 6.54 Å². The van der Waals surface area contributed by atoms with E-state index in [2.05, 4.69) is 27.8 Å². The molecule has 0 spiro atoms. The second-order valence-electron chi connectivity index (χ2n) is 5.23. The second-order valence-corrected chi connectivity index (χ2v) is 6.15. The molecule has 2 nitrogen and oxygen atoms in total. The Bertz CT molecular complexity index is 414. The van der Waals surface area contributed by atoms with Gasteiger partial charge in [-0.25, -0.2) is 4.39 Å². The maximum atomic E-state index is 13.8. The number of likely N-dealkylation sites (tertiary alicyclic amines) is 1. The van der Waals surface area contributed by atoms with Crippen molar-refractivity contribution >= 4 is 28.3 Å². The Balaban J connectivity index is 0.00000180. The van der Waals surface area contributed by atoms with Crippen molar-refractivity contribution in [2.45, 2.75) is 32.4 Å². The minimum absolute atomic E-state index is 0. The van der Waals surface area contributed by atoms with E-state index in [-0.39, 0.29) is 24.3 Å². The fourth-order valence-corrected chi connectivity index (χ4v) is 2.89. The first kappa shape index (κ1) is 16.9. The van der Waals surface area contributed by atoms with Crippen LogP contribution >= 0.6 is 28.3 Å². The van der Waals surface area contributed by atoms with Gasteiger partial charge < -0.3 is 5.73 Å². The van der Waals surface area contributed by atoms with E-state index in [9.17, 15) is 4.39 Å². The third-order valence-corrected chi connectivity index (χ3v) is 4.19. The number of halogens is 3. The van der Waals surface area contributed by atoms with Crippen LogP contribution in [0, 0.1) is 11.7 Å². The third kappa shape index (κ3) is 4.71. The van der Waals surface area contributed by atoms with Crippen LogP contribution in [0.3, 0.4) is 0 Å². The summed E-state index contributed by atoms with van der Waals surface area (Å²) in [5.74, 6) is 0.407. The number of benzene rings is 1. The zero-order valence-corrected chi connectivity index (χ0v) is 13.5. The largest absolute Gasteiger partial charge is 0.328 e. The van der Waals surface area contributed by atoms with Gasteiger partial charge in [-0.15, -0.1) is 12.4 Å². The molecule has 1 fully saturated rings. The molecule has 1 saturated heterocycles. The lowest BCUT2D eigenvalue weighted by atomic mass is 9.92. The van der Waals surface area contributed by atoms with Crippen LogP contribution in [0.4, 0.5) is 4.39 Å². The van der Waals surface area contributed by atoms with Crippen LogP contribution in [0.25, 0.3) is 0 Å². The van der Waals surface area contributed by atoms with Gasteiger partial charge in [0.25, 0.3) is 0 Å². The van der Waals surface area contributed by atoms with E-state index in [0.717, 1.165) is 29.5 Å². The Morgan fingerprint density at radius 2 is 2.26 bits per heavy atom. The van der Waals surface area contributed by atoms with Crippen LogP contribution in [0.2, 0.25) is 0 Å². The summed E-state index contributed by atoms with van der Waals surface area (Å²) in [6.45, 7) is 4.77. The summed E-state index contributed by atoms with van der Waals surface area (Å²) < 4.78 is 14.6. The quantitative estimate of drug-likeness (QED) is 0.902. The van der Waals surface area contributed by atoms with Crippen molar-refractivity contribution < 1.29 is 4.39 Å². The van der Waals surface area contributed by atoms with E-state index in [1.165, 1.54) is 12.5 Å². The summed E-state index contributed by atoms with van der Waals surface area (Å²) >= 11 is 3.28. The van der Waals surface area contributed by atoms with Gasteiger partial charge in [-0.05, 0) is 44.4 Å². The van der Waals surface area contributed by atoms with Gasteiger partial charge in [-0.2, -0.15) is 0 Å². The highest BCUT2D eigenvalue weighted by atomic mass is 79.9. The first-order valence-corrected chi connectivity index (χ1v) is 7.27. The molecule has 2 rings (SSSR count). The van der Waals surface area contributed by atoms with Crippen molar-refractivity contribution in [3.05, 3.63) is 34.1 Å². The highest BCUT2D eigenvalue weighted by molar-refractivity contribution is 9.10. The summed E-state index contributed by atoms with van der Waals surface area (Å²) in [7, 11) is 0. The number of rotatable bonds is 3. The molecule has 0 aliphatic carbocycles. The Kier molecular flexibility index (Phi) is 6.74. The van der Waals surface area contributed by atoms with Crippen molar-refractivity contribution in [3.63, 3.8) is 0 Å². The van der Waals surface area contributed by atoms with E-state index >= 15 is 0 Å². The van der Waals surface area contributed by atoms with Crippen molar-refractivity contribution in [1.29, 1.82) is 0 Å². The Hall–Kier alpha value is -0.160. The maximum Gasteiger partial charge on any atom is 0.128 e. The van der Waals surface area contributed by atoms with Crippen LogP contribution in [0.15, 0.2) is 22.7 Å². The smallest absolute Gasteiger partial charge is 0.128 e. The molecule has 2 atom stereocenters. The molecular weight excluding hydrogens is 331 g/mol. The Labute approximate surface area is 129 Å². The standard InChI is InChI=1S/C14H20BrFN2.ClH/c1-10(17)11-3-2-6-18(8-11)9-12-4-5-13(15)7-14(12)16;/h4-5,7,10-11H,2-3,6,8-9,17H2,1H3;1H. The van der Waals surface area contributed by atoms with Crippen LogP contribution in [0.1, 0.15) is 25.3 Å². The summed E-state index contributed by atoms with van der Waals surface area (Å²) in [5, 5.41) is 0. The van der Waals surface area contributed by atoms with Gasteiger partial charge in [-0.3, -0.25) is 4.90 Å². The number of piperidine rings is 1. The first-order chi connectivity index (χ1) is 8.56. The monoisotopic (exact) mass is 350 g/mol. The Morgan fingerprint density at radius 3 is 2.89 bits per heavy atom. The maximum absolute atomic E-state index is 13.8. The van der Waals surface area contributed by atoms with Gasteiger partial charge in [0.15, 0.2) is 0 Å². The molecule has 1 heterocycles. The van der Waals surface area contributed by atoms with E-state index in [4.69, 9.17) is 5.73 Å². The van der Waals surface area contributed by atoms with Crippen LogP contribution in [-0.4, -0.2) is 24.0 Å². The molecule has 0 bridgehead atoms. The predicted molar refractivity (Wildman–Crippen MR) is 83.0 cm³/mol. The molecule has 108 valence electrons. The number of nitrogens with zero attached hydrogens (tertiary/aromatic N) is 1. The molecular formula is C14H21BrClFN2. The van der Waals surface area contributed by atoms with Crippen LogP contribution in [0.5, 0.6) is 0 Å². The van der Waals surface area contributed by atoms with Crippen molar-refractivity contribution in [2.75, 3.05) is 13.1 Å². The number of hydrogen-bond acceptors (Lipinski definition) is 2. The molecule has 5 heteroatoms. The highest BCUT2D eigenvalue weighted by Crippen LogP contribution is 2.22. The van der Waals surface area contributed by atoms with Crippen molar-refractivity contribution in [2.24, 2.45) is 11.7 Å². The average molecular weight is 352 g/mol. The molecule has 1 aromatic rings. The van der Waals surface area contributed by atoms with Crippen molar-refractivity contribution in [3.8, 4) is 0 Å². The highest BCUT2D eigenvalue weighted by Gasteiger charge is 2.23. The molecule has 2 N–H and O–H groups in total. The predicted octanol–water partition coefficient (Wildman–Crippen LogP) is 3.57. The molecule has 19 heavy (non-hydrogen) atoms.